The number of hydrogen-bond donors (Lipinski definition) is 3. The van der Waals surface area contributed by atoms with Gasteiger partial charge in [0.25, 0.3) is 0 Å². The molecule has 1 fully saturated rings. The zero-order valence-corrected chi connectivity index (χ0v) is 13.0. The van der Waals surface area contributed by atoms with Crippen LogP contribution in [0.4, 0.5) is 0 Å². The molecule has 0 saturated heterocycles. The summed E-state index contributed by atoms with van der Waals surface area (Å²) in [5.74, 6) is 0.694. The maximum atomic E-state index is 6.20. The molecule has 1 aromatic carbocycles. The molecular weight excluding hydrogens is 270 g/mol. The standard InChI is InChI=1S/C16H22ClN3/c1-10(12(3)18)11(2)15(19)20-16(8-9-16)13-4-6-14(17)7-5-13/h4-7,20H,8-9,18-19H2,1-3H3/b12-10-,15-11+. The molecule has 3 nitrogen and oxygen atoms in total. The van der Waals surface area contributed by atoms with Crippen molar-refractivity contribution in [3.8, 4) is 0 Å². The monoisotopic (exact) mass is 291 g/mol. The van der Waals surface area contributed by atoms with Crippen LogP contribution in [0, 0.1) is 0 Å². The van der Waals surface area contributed by atoms with Crippen LogP contribution in [0.3, 0.4) is 0 Å². The first-order valence-electron chi connectivity index (χ1n) is 6.79. The average Bonchev–Trinajstić information content (AvgIpc) is 3.18. The van der Waals surface area contributed by atoms with Crippen LogP contribution in [0.2, 0.25) is 5.02 Å². The summed E-state index contributed by atoms with van der Waals surface area (Å²) < 4.78 is 0. The van der Waals surface area contributed by atoms with Gasteiger partial charge < -0.3 is 16.8 Å². The van der Waals surface area contributed by atoms with Crippen LogP contribution >= 0.6 is 11.6 Å². The maximum Gasteiger partial charge on any atom is 0.100 e. The van der Waals surface area contributed by atoms with E-state index in [0.29, 0.717) is 5.82 Å². The zero-order chi connectivity index (χ0) is 14.9. The van der Waals surface area contributed by atoms with E-state index in [1.807, 2.05) is 32.9 Å². The van der Waals surface area contributed by atoms with Crippen molar-refractivity contribution < 1.29 is 0 Å². The molecule has 0 aromatic heterocycles. The summed E-state index contributed by atoms with van der Waals surface area (Å²) in [6.45, 7) is 5.87. The van der Waals surface area contributed by atoms with Crippen molar-refractivity contribution in [2.75, 3.05) is 0 Å². The Kier molecular flexibility index (Phi) is 4.00. The van der Waals surface area contributed by atoms with E-state index in [9.17, 15) is 0 Å². The molecule has 20 heavy (non-hydrogen) atoms. The largest absolute Gasteiger partial charge is 0.402 e. The van der Waals surface area contributed by atoms with Crippen LogP contribution < -0.4 is 16.8 Å². The Morgan fingerprint density at radius 1 is 1.05 bits per heavy atom. The van der Waals surface area contributed by atoms with Crippen molar-refractivity contribution in [3.05, 3.63) is 57.5 Å². The number of benzene rings is 1. The fourth-order valence-electron chi connectivity index (χ4n) is 2.23. The van der Waals surface area contributed by atoms with Crippen molar-refractivity contribution >= 4 is 11.6 Å². The Bertz CT molecular complexity index is 562. The highest BCUT2D eigenvalue weighted by atomic mass is 35.5. The molecule has 1 aliphatic carbocycles. The Morgan fingerprint density at radius 2 is 1.60 bits per heavy atom. The van der Waals surface area contributed by atoms with Crippen LogP contribution in [-0.2, 0) is 5.54 Å². The lowest BCUT2D eigenvalue weighted by Crippen LogP contribution is -2.33. The number of nitrogens with two attached hydrogens (primary N) is 2. The zero-order valence-electron chi connectivity index (χ0n) is 12.3. The SMILES string of the molecule is C/C(N)=C(C)/C(C)=C(\N)NC1(c2ccc(Cl)cc2)CC1. The third-order valence-electron chi connectivity index (χ3n) is 4.08. The number of rotatable bonds is 4. The lowest BCUT2D eigenvalue weighted by Gasteiger charge is -2.21. The molecule has 1 saturated carbocycles. The Morgan fingerprint density at radius 3 is 2.05 bits per heavy atom. The van der Waals surface area contributed by atoms with E-state index in [1.54, 1.807) is 0 Å². The summed E-state index contributed by atoms with van der Waals surface area (Å²) >= 11 is 5.94. The second kappa shape index (κ2) is 5.41. The molecule has 0 bridgehead atoms. The summed E-state index contributed by atoms with van der Waals surface area (Å²) in [6, 6.07) is 7.95. The van der Waals surface area contributed by atoms with Crippen LogP contribution in [0.5, 0.6) is 0 Å². The van der Waals surface area contributed by atoms with Gasteiger partial charge in [0.1, 0.15) is 5.82 Å². The molecule has 4 heteroatoms. The summed E-state index contributed by atoms with van der Waals surface area (Å²) in [7, 11) is 0. The molecule has 2 rings (SSSR count). The van der Waals surface area contributed by atoms with Crippen molar-refractivity contribution in [2.45, 2.75) is 39.2 Å². The minimum Gasteiger partial charge on any atom is -0.402 e. The van der Waals surface area contributed by atoms with Gasteiger partial charge in [-0.2, -0.15) is 0 Å². The smallest absolute Gasteiger partial charge is 0.100 e. The summed E-state index contributed by atoms with van der Waals surface area (Å²) in [5, 5.41) is 4.21. The predicted octanol–water partition coefficient (Wildman–Crippen LogP) is 3.36. The van der Waals surface area contributed by atoms with Crippen molar-refractivity contribution in [3.63, 3.8) is 0 Å². The Hall–Kier alpha value is -1.61. The van der Waals surface area contributed by atoms with Crippen molar-refractivity contribution in [2.24, 2.45) is 11.5 Å². The molecule has 0 aliphatic heterocycles. The normalized spacial score (nSPS) is 19.0. The molecule has 1 aliphatic rings. The molecule has 1 aromatic rings. The van der Waals surface area contributed by atoms with Gasteiger partial charge in [-0.3, -0.25) is 0 Å². The first-order chi connectivity index (χ1) is 9.35. The fourth-order valence-corrected chi connectivity index (χ4v) is 2.36. The van der Waals surface area contributed by atoms with Gasteiger partial charge in [-0.15, -0.1) is 0 Å². The highest BCUT2D eigenvalue weighted by Crippen LogP contribution is 2.46. The second-order valence-corrected chi connectivity index (χ2v) is 6.00. The molecule has 0 amide bonds. The third kappa shape index (κ3) is 2.93. The minimum absolute atomic E-state index is 0.0429. The van der Waals surface area contributed by atoms with Gasteiger partial charge in [0, 0.05) is 10.7 Å². The van der Waals surface area contributed by atoms with Gasteiger partial charge >= 0.3 is 0 Å². The van der Waals surface area contributed by atoms with Gasteiger partial charge in [0.2, 0.25) is 0 Å². The lowest BCUT2D eigenvalue weighted by molar-refractivity contribution is 0.579. The predicted molar refractivity (Wildman–Crippen MR) is 84.9 cm³/mol. The van der Waals surface area contributed by atoms with E-state index in [2.05, 4.69) is 17.4 Å². The number of allylic oxidation sites excluding steroid dienone is 3. The maximum absolute atomic E-state index is 6.20. The molecule has 5 N–H and O–H groups in total. The van der Waals surface area contributed by atoms with E-state index >= 15 is 0 Å². The lowest BCUT2D eigenvalue weighted by atomic mass is 10.0. The summed E-state index contributed by atoms with van der Waals surface area (Å²) in [4.78, 5) is 0. The van der Waals surface area contributed by atoms with Gasteiger partial charge in [0.15, 0.2) is 0 Å². The topological polar surface area (TPSA) is 64.1 Å². The first-order valence-corrected chi connectivity index (χ1v) is 7.17. The third-order valence-corrected chi connectivity index (χ3v) is 4.33. The minimum atomic E-state index is -0.0429. The van der Waals surface area contributed by atoms with Gasteiger partial charge in [0.05, 0.1) is 5.54 Å². The van der Waals surface area contributed by atoms with Gasteiger partial charge in [-0.25, -0.2) is 0 Å². The van der Waals surface area contributed by atoms with E-state index in [4.69, 9.17) is 23.1 Å². The van der Waals surface area contributed by atoms with Crippen LogP contribution in [-0.4, -0.2) is 0 Å². The Labute approximate surface area is 125 Å². The van der Waals surface area contributed by atoms with Crippen molar-refractivity contribution in [1.82, 2.24) is 5.32 Å². The molecule has 108 valence electrons. The molecule has 0 atom stereocenters. The van der Waals surface area contributed by atoms with E-state index in [-0.39, 0.29) is 5.54 Å². The molecule has 0 spiro atoms. The highest BCUT2D eigenvalue weighted by Gasteiger charge is 2.44. The van der Waals surface area contributed by atoms with E-state index < -0.39 is 0 Å². The number of halogens is 1. The van der Waals surface area contributed by atoms with Crippen LogP contribution in [0.1, 0.15) is 39.2 Å². The number of hydrogen-bond acceptors (Lipinski definition) is 3. The summed E-state index contributed by atoms with van der Waals surface area (Å²) in [6.07, 6.45) is 2.15. The van der Waals surface area contributed by atoms with Gasteiger partial charge in [-0.1, -0.05) is 23.7 Å². The van der Waals surface area contributed by atoms with Crippen LogP contribution in [0.15, 0.2) is 46.9 Å². The number of nitrogens with one attached hydrogen (secondary N) is 1. The molecular formula is C16H22ClN3. The van der Waals surface area contributed by atoms with E-state index in [1.165, 1.54) is 5.56 Å². The van der Waals surface area contributed by atoms with Gasteiger partial charge in [-0.05, 0) is 62.5 Å². The molecule has 0 heterocycles. The van der Waals surface area contributed by atoms with Crippen molar-refractivity contribution in [1.29, 1.82) is 0 Å². The van der Waals surface area contributed by atoms with E-state index in [0.717, 1.165) is 34.7 Å². The summed E-state index contributed by atoms with van der Waals surface area (Å²) in [5.41, 5.74) is 16.0. The van der Waals surface area contributed by atoms with Crippen LogP contribution in [0.25, 0.3) is 0 Å². The first kappa shape index (κ1) is 14.8. The fraction of sp³-hybridized carbons (Fsp3) is 0.375. The second-order valence-electron chi connectivity index (χ2n) is 5.56. The molecule has 0 radical (unpaired) electrons. The highest BCUT2D eigenvalue weighted by molar-refractivity contribution is 6.30. The quantitative estimate of drug-likeness (QED) is 0.745. The Balaban J connectivity index is 2.23. The molecule has 0 unspecified atom stereocenters. The average molecular weight is 292 g/mol.